The molecule has 0 aromatic heterocycles. The number of carbonyl (C=O) groups excluding carboxylic acids is 2. The van der Waals surface area contributed by atoms with Crippen LogP contribution < -0.4 is 5.32 Å². The highest BCUT2D eigenvalue weighted by molar-refractivity contribution is 6.31. The predicted molar refractivity (Wildman–Crippen MR) is 104 cm³/mol. The first-order valence-electron chi connectivity index (χ1n) is 9.31. The van der Waals surface area contributed by atoms with Crippen LogP contribution in [0.2, 0.25) is 5.02 Å². The monoisotopic (exact) mass is 387 g/mol. The normalized spacial score (nSPS) is 20.1. The van der Waals surface area contributed by atoms with Crippen LogP contribution in [-0.4, -0.2) is 11.7 Å². The molecule has 1 fully saturated rings. The first-order chi connectivity index (χ1) is 13.0. The van der Waals surface area contributed by atoms with Gasteiger partial charge in [0.05, 0.1) is 0 Å². The Morgan fingerprint density at radius 1 is 1.11 bits per heavy atom. The van der Waals surface area contributed by atoms with Crippen LogP contribution in [0, 0.1) is 17.7 Å². The van der Waals surface area contributed by atoms with Crippen molar-refractivity contribution >= 4 is 23.3 Å². The summed E-state index contributed by atoms with van der Waals surface area (Å²) in [7, 11) is 0. The van der Waals surface area contributed by atoms with Crippen LogP contribution in [-0.2, 0) is 22.6 Å². The second-order valence-corrected chi connectivity index (χ2v) is 7.53. The summed E-state index contributed by atoms with van der Waals surface area (Å²) in [5, 5.41) is 3.18. The molecule has 1 saturated carbocycles. The van der Waals surface area contributed by atoms with E-state index in [0.29, 0.717) is 29.8 Å². The summed E-state index contributed by atoms with van der Waals surface area (Å²) in [4.78, 5) is 25.0. The van der Waals surface area contributed by atoms with Gasteiger partial charge in [-0.05, 0) is 48.9 Å². The minimum atomic E-state index is -0.401. The molecule has 2 aromatic rings. The van der Waals surface area contributed by atoms with Gasteiger partial charge in [0.1, 0.15) is 11.6 Å². The van der Waals surface area contributed by atoms with Gasteiger partial charge in [-0.2, -0.15) is 0 Å². The van der Waals surface area contributed by atoms with Gasteiger partial charge in [0.15, 0.2) is 0 Å². The lowest BCUT2D eigenvalue weighted by atomic mass is 9.91. The van der Waals surface area contributed by atoms with Gasteiger partial charge in [0.2, 0.25) is 5.91 Å². The molecule has 27 heavy (non-hydrogen) atoms. The first-order valence-corrected chi connectivity index (χ1v) is 9.69. The van der Waals surface area contributed by atoms with Crippen LogP contribution in [0.4, 0.5) is 4.39 Å². The van der Waals surface area contributed by atoms with Gasteiger partial charge in [0, 0.05) is 29.8 Å². The third-order valence-corrected chi connectivity index (χ3v) is 5.57. The molecule has 142 valence electrons. The van der Waals surface area contributed by atoms with Crippen molar-refractivity contribution in [3.8, 4) is 0 Å². The van der Waals surface area contributed by atoms with E-state index >= 15 is 0 Å². The van der Waals surface area contributed by atoms with Gasteiger partial charge >= 0.3 is 0 Å². The highest BCUT2D eigenvalue weighted by Crippen LogP contribution is 2.28. The first kappa shape index (κ1) is 19.6. The molecule has 0 aliphatic heterocycles. The number of ketones is 1. The second kappa shape index (κ2) is 9.14. The molecule has 2 unspecified atom stereocenters. The van der Waals surface area contributed by atoms with Crippen molar-refractivity contribution in [2.75, 3.05) is 0 Å². The maximum Gasteiger partial charge on any atom is 0.223 e. The van der Waals surface area contributed by atoms with E-state index in [1.165, 1.54) is 12.1 Å². The van der Waals surface area contributed by atoms with Crippen LogP contribution in [0.25, 0.3) is 0 Å². The number of nitrogens with one attached hydrogen (secondary N) is 1. The minimum Gasteiger partial charge on any atom is -0.352 e. The standard InChI is InChI=1S/C22H23ClFNO2/c23-20-13-19(24)10-8-18(20)14-25-22(27)16-6-7-17(21(26)11-9-16)12-15-4-2-1-3-5-15/h1-5,8,10,13,16-17H,6-7,9,11-12,14H2,(H,25,27). The summed E-state index contributed by atoms with van der Waals surface area (Å²) in [5.74, 6) is -0.410. The third kappa shape index (κ3) is 5.39. The van der Waals surface area contributed by atoms with Crippen molar-refractivity contribution in [1.29, 1.82) is 0 Å². The molecule has 1 N–H and O–H groups in total. The number of amides is 1. The summed E-state index contributed by atoms with van der Waals surface area (Å²) in [6.45, 7) is 0.260. The van der Waals surface area contributed by atoms with Gasteiger partial charge in [-0.3, -0.25) is 9.59 Å². The molecule has 0 spiro atoms. The number of benzene rings is 2. The Kier molecular flexibility index (Phi) is 6.62. The van der Waals surface area contributed by atoms with Crippen molar-refractivity contribution in [1.82, 2.24) is 5.32 Å². The smallest absolute Gasteiger partial charge is 0.223 e. The number of Topliss-reactive ketones (excluding diaryl/α,β-unsaturated/α-hetero) is 1. The molecule has 5 heteroatoms. The maximum absolute atomic E-state index is 13.1. The molecular formula is C22H23ClFNO2. The SMILES string of the molecule is O=C1CCC(C(=O)NCc2ccc(F)cc2Cl)CCC1Cc1ccccc1. The highest BCUT2D eigenvalue weighted by Gasteiger charge is 2.29. The second-order valence-electron chi connectivity index (χ2n) is 7.12. The summed E-state index contributed by atoms with van der Waals surface area (Å²) >= 11 is 6.00. The molecule has 1 aliphatic carbocycles. The molecule has 2 atom stereocenters. The number of halogens is 2. The van der Waals surface area contributed by atoms with E-state index in [-0.39, 0.29) is 30.1 Å². The molecule has 0 bridgehead atoms. The van der Waals surface area contributed by atoms with Crippen molar-refractivity contribution in [3.63, 3.8) is 0 Å². The van der Waals surface area contributed by atoms with Crippen molar-refractivity contribution in [2.45, 2.75) is 38.6 Å². The minimum absolute atomic E-state index is 0.0169. The van der Waals surface area contributed by atoms with Crippen molar-refractivity contribution in [3.05, 3.63) is 70.5 Å². The van der Waals surface area contributed by atoms with E-state index < -0.39 is 5.82 Å². The lowest BCUT2D eigenvalue weighted by molar-refractivity contribution is -0.125. The third-order valence-electron chi connectivity index (χ3n) is 5.22. The van der Waals surface area contributed by atoms with Gasteiger partial charge in [-0.1, -0.05) is 48.0 Å². The van der Waals surface area contributed by atoms with E-state index in [2.05, 4.69) is 5.32 Å². The molecule has 3 rings (SSSR count). The quantitative estimate of drug-likeness (QED) is 0.755. The van der Waals surface area contributed by atoms with E-state index in [1.807, 2.05) is 30.3 Å². The van der Waals surface area contributed by atoms with Crippen LogP contribution in [0.5, 0.6) is 0 Å². The fraction of sp³-hybridized carbons (Fsp3) is 0.364. The van der Waals surface area contributed by atoms with Gasteiger partial charge in [-0.15, -0.1) is 0 Å². The number of rotatable bonds is 5. The lowest BCUT2D eigenvalue weighted by Crippen LogP contribution is -2.30. The van der Waals surface area contributed by atoms with E-state index in [9.17, 15) is 14.0 Å². The van der Waals surface area contributed by atoms with Gasteiger partial charge < -0.3 is 5.32 Å². The summed E-state index contributed by atoms with van der Waals surface area (Å²) in [5.41, 5.74) is 1.84. The highest BCUT2D eigenvalue weighted by atomic mass is 35.5. The summed E-state index contributed by atoms with van der Waals surface area (Å²) in [6, 6.07) is 14.1. The molecule has 0 heterocycles. The zero-order chi connectivity index (χ0) is 19.2. The van der Waals surface area contributed by atoms with Crippen LogP contribution in [0.3, 0.4) is 0 Å². The number of hydrogen-bond donors (Lipinski definition) is 1. The Morgan fingerprint density at radius 2 is 1.89 bits per heavy atom. The van der Waals surface area contributed by atoms with Crippen molar-refractivity contribution in [2.24, 2.45) is 11.8 Å². The Balaban J connectivity index is 1.55. The summed E-state index contributed by atoms with van der Waals surface area (Å²) < 4.78 is 13.1. The largest absolute Gasteiger partial charge is 0.352 e. The topological polar surface area (TPSA) is 46.2 Å². The predicted octanol–water partition coefficient (Wildman–Crippen LogP) is 4.71. The molecular weight excluding hydrogens is 365 g/mol. The Morgan fingerprint density at radius 3 is 2.63 bits per heavy atom. The van der Waals surface area contributed by atoms with Gasteiger partial charge in [0.25, 0.3) is 0 Å². The van der Waals surface area contributed by atoms with Crippen LogP contribution in [0.15, 0.2) is 48.5 Å². The van der Waals surface area contributed by atoms with Gasteiger partial charge in [-0.25, -0.2) is 4.39 Å². The maximum atomic E-state index is 13.1. The number of hydrogen-bond acceptors (Lipinski definition) is 2. The molecule has 0 saturated heterocycles. The molecule has 0 radical (unpaired) electrons. The fourth-order valence-corrected chi connectivity index (χ4v) is 3.83. The molecule has 3 nitrogen and oxygen atoms in total. The van der Waals surface area contributed by atoms with Crippen LogP contribution in [0.1, 0.15) is 36.8 Å². The Bertz CT molecular complexity index is 809. The average Bonchev–Trinajstić information content (AvgIpc) is 2.84. The van der Waals surface area contributed by atoms with E-state index in [1.54, 1.807) is 6.07 Å². The molecule has 1 amide bonds. The van der Waals surface area contributed by atoms with E-state index in [0.717, 1.165) is 18.4 Å². The number of carbonyl (C=O) groups is 2. The Labute approximate surface area is 163 Å². The zero-order valence-corrected chi connectivity index (χ0v) is 15.8. The average molecular weight is 388 g/mol. The Hall–Kier alpha value is -2.20. The summed E-state index contributed by atoms with van der Waals surface area (Å²) in [6.07, 6.45) is 3.18. The van der Waals surface area contributed by atoms with E-state index in [4.69, 9.17) is 11.6 Å². The zero-order valence-electron chi connectivity index (χ0n) is 15.1. The molecule has 2 aromatic carbocycles. The molecule has 1 aliphatic rings. The van der Waals surface area contributed by atoms with Crippen molar-refractivity contribution < 1.29 is 14.0 Å². The lowest BCUT2D eigenvalue weighted by Gasteiger charge is -2.15. The fourth-order valence-electron chi connectivity index (χ4n) is 3.60. The van der Waals surface area contributed by atoms with Crippen LogP contribution >= 0.6 is 11.6 Å².